The summed E-state index contributed by atoms with van der Waals surface area (Å²) in [6, 6.07) is 16.2. The predicted molar refractivity (Wildman–Crippen MR) is 97.6 cm³/mol. The number of hydrogen-bond donors (Lipinski definition) is 2. The van der Waals surface area contributed by atoms with Crippen molar-refractivity contribution in [2.75, 3.05) is 0 Å². The second kappa shape index (κ2) is 7.67. The molecule has 0 radical (unpaired) electrons. The summed E-state index contributed by atoms with van der Waals surface area (Å²) < 4.78 is 5.60. The molecule has 7 heteroatoms. The Morgan fingerprint density at radius 1 is 1.04 bits per heavy atom. The van der Waals surface area contributed by atoms with Gasteiger partial charge in [-0.25, -0.2) is 10.2 Å². The summed E-state index contributed by atoms with van der Waals surface area (Å²) >= 11 is 5.77. The van der Waals surface area contributed by atoms with Gasteiger partial charge in [0.25, 0.3) is 5.91 Å². The molecule has 0 unspecified atom stereocenters. The fourth-order valence-electron chi connectivity index (χ4n) is 2.20. The number of aromatic carboxylic acids is 1. The maximum atomic E-state index is 11.9. The average molecular weight is 369 g/mol. The van der Waals surface area contributed by atoms with Crippen LogP contribution in [0.1, 0.15) is 26.5 Å². The fraction of sp³-hybridized carbons (Fsp3) is 0. The largest absolute Gasteiger partial charge is 0.478 e. The molecule has 1 aromatic heterocycles. The third-order valence-electron chi connectivity index (χ3n) is 3.49. The molecule has 0 saturated heterocycles. The van der Waals surface area contributed by atoms with Gasteiger partial charge in [-0.3, -0.25) is 4.79 Å². The molecule has 0 atom stereocenters. The quantitative estimate of drug-likeness (QED) is 0.524. The summed E-state index contributed by atoms with van der Waals surface area (Å²) in [4.78, 5) is 23.0. The fourth-order valence-corrected chi connectivity index (χ4v) is 2.33. The van der Waals surface area contributed by atoms with Gasteiger partial charge < -0.3 is 9.52 Å². The van der Waals surface area contributed by atoms with Gasteiger partial charge in [0.15, 0.2) is 0 Å². The van der Waals surface area contributed by atoms with Crippen LogP contribution in [0.2, 0.25) is 5.02 Å². The van der Waals surface area contributed by atoms with Gasteiger partial charge in [0.2, 0.25) is 0 Å². The van der Waals surface area contributed by atoms with E-state index in [1.807, 2.05) is 0 Å². The molecule has 26 heavy (non-hydrogen) atoms. The van der Waals surface area contributed by atoms with Crippen LogP contribution in [0, 0.1) is 0 Å². The van der Waals surface area contributed by atoms with Crippen LogP contribution in [0.4, 0.5) is 0 Å². The van der Waals surface area contributed by atoms with Crippen LogP contribution in [0.3, 0.4) is 0 Å². The lowest BCUT2D eigenvalue weighted by atomic mass is 10.1. The number of benzene rings is 2. The molecule has 1 amide bonds. The Morgan fingerprint density at radius 3 is 2.54 bits per heavy atom. The molecule has 1 heterocycles. The Kier molecular flexibility index (Phi) is 5.15. The lowest BCUT2D eigenvalue weighted by Crippen LogP contribution is -2.17. The van der Waals surface area contributed by atoms with Crippen molar-refractivity contribution in [1.82, 2.24) is 5.43 Å². The second-order valence-corrected chi connectivity index (χ2v) is 5.73. The number of hydrazone groups is 1. The van der Waals surface area contributed by atoms with Gasteiger partial charge in [-0.05, 0) is 48.5 Å². The first kappa shape index (κ1) is 17.4. The van der Waals surface area contributed by atoms with Crippen molar-refractivity contribution in [3.63, 3.8) is 0 Å². The summed E-state index contributed by atoms with van der Waals surface area (Å²) in [7, 11) is 0. The Bertz CT molecular complexity index is 977. The van der Waals surface area contributed by atoms with Crippen molar-refractivity contribution in [3.8, 4) is 11.3 Å². The zero-order valence-corrected chi connectivity index (χ0v) is 14.1. The van der Waals surface area contributed by atoms with E-state index in [0.29, 0.717) is 27.7 Å². The number of furan rings is 1. The van der Waals surface area contributed by atoms with E-state index < -0.39 is 5.97 Å². The van der Waals surface area contributed by atoms with Gasteiger partial charge in [0.05, 0.1) is 11.8 Å². The van der Waals surface area contributed by atoms with Crippen molar-refractivity contribution in [2.45, 2.75) is 0 Å². The highest BCUT2D eigenvalue weighted by Crippen LogP contribution is 2.22. The van der Waals surface area contributed by atoms with Gasteiger partial charge in [-0.1, -0.05) is 23.7 Å². The number of carbonyl (C=O) groups is 2. The summed E-state index contributed by atoms with van der Waals surface area (Å²) in [5.41, 5.74) is 3.62. The van der Waals surface area contributed by atoms with Gasteiger partial charge in [-0.2, -0.15) is 5.10 Å². The topological polar surface area (TPSA) is 91.9 Å². The van der Waals surface area contributed by atoms with Gasteiger partial charge in [-0.15, -0.1) is 0 Å². The molecule has 2 aromatic carbocycles. The molecular formula is C19H13ClN2O4. The lowest BCUT2D eigenvalue weighted by Gasteiger charge is -1.99. The van der Waals surface area contributed by atoms with E-state index >= 15 is 0 Å². The van der Waals surface area contributed by atoms with Gasteiger partial charge >= 0.3 is 5.97 Å². The highest BCUT2D eigenvalue weighted by atomic mass is 35.5. The third-order valence-corrected chi connectivity index (χ3v) is 3.74. The normalized spacial score (nSPS) is 10.8. The van der Waals surface area contributed by atoms with Crippen LogP contribution in [0.15, 0.2) is 70.2 Å². The molecule has 0 fully saturated rings. The molecular weight excluding hydrogens is 356 g/mol. The van der Waals surface area contributed by atoms with E-state index in [9.17, 15) is 9.59 Å². The number of carbonyl (C=O) groups excluding carboxylic acids is 1. The average Bonchev–Trinajstić information content (AvgIpc) is 3.11. The Balaban J connectivity index is 1.67. The molecule has 2 N–H and O–H groups in total. The minimum atomic E-state index is -1.01. The van der Waals surface area contributed by atoms with Crippen molar-refractivity contribution in [1.29, 1.82) is 0 Å². The van der Waals surface area contributed by atoms with Gasteiger partial charge in [0, 0.05) is 16.1 Å². The molecule has 0 aliphatic heterocycles. The molecule has 6 nitrogen and oxygen atoms in total. The lowest BCUT2D eigenvalue weighted by molar-refractivity contribution is 0.0696. The second-order valence-electron chi connectivity index (χ2n) is 5.29. The minimum absolute atomic E-state index is 0.171. The Morgan fingerprint density at radius 2 is 1.81 bits per heavy atom. The van der Waals surface area contributed by atoms with Crippen LogP contribution < -0.4 is 5.43 Å². The summed E-state index contributed by atoms with van der Waals surface area (Å²) in [6.45, 7) is 0. The molecule has 3 rings (SSSR count). The van der Waals surface area contributed by atoms with E-state index in [1.165, 1.54) is 18.3 Å². The highest BCUT2D eigenvalue weighted by molar-refractivity contribution is 6.30. The molecule has 0 saturated carbocycles. The van der Waals surface area contributed by atoms with Crippen molar-refractivity contribution >= 4 is 29.7 Å². The molecule has 0 aliphatic carbocycles. The number of rotatable bonds is 5. The summed E-state index contributed by atoms with van der Waals surface area (Å²) in [5, 5.41) is 13.4. The first-order valence-electron chi connectivity index (χ1n) is 7.55. The molecule has 0 spiro atoms. The smallest absolute Gasteiger partial charge is 0.335 e. The van der Waals surface area contributed by atoms with E-state index in [4.69, 9.17) is 21.1 Å². The van der Waals surface area contributed by atoms with Crippen molar-refractivity contribution in [3.05, 3.63) is 82.6 Å². The molecule has 0 aliphatic rings. The number of hydrogen-bond acceptors (Lipinski definition) is 4. The van der Waals surface area contributed by atoms with E-state index in [2.05, 4.69) is 10.5 Å². The minimum Gasteiger partial charge on any atom is -0.478 e. The standard InChI is InChI=1S/C19H13ClN2O4/c20-15-6-4-12(5-7-15)18(23)22-21-11-16-8-9-17(26-16)13-2-1-3-14(10-13)19(24)25/h1-11H,(H,22,23)(H,24,25)/b21-11+. The van der Waals surface area contributed by atoms with Gasteiger partial charge in [0.1, 0.15) is 11.5 Å². The molecule has 130 valence electrons. The maximum Gasteiger partial charge on any atom is 0.335 e. The van der Waals surface area contributed by atoms with Crippen LogP contribution in [0.5, 0.6) is 0 Å². The third kappa shape index (κ3) is 4.17. The van der Waals surface area contributed by atoms with E-state index in [1.54, 1.807) is 48.5 Å². The number of amides is 1. The zero-order valence-electron chi connectivity index (χ0n) is 13.3. The first-order chi connectivity index (χ1) is 12.5. The number of nitrogens with zero attached hydrogens (tertiary/aromatic N) is 1. The number of nitrogens with one attached hydrogen (secondary N) is 1. The SMILES string of the molecule is O=C(O)c1cccc(-c2ccc(/C=N/NC(=O)c3ccc(Cl)cc3)o2)c1. The zero-order chi connectivity index (χ0) is 18.5. The Hall–Kier alpha value is -3.38. The summed E-state index contributed by atoms with van der Waals surface area (Å²) in [6.07, 6.45) is 1.36. The van der Waals surface area contributed by atoms with E-state index in [0.717, 1.165) is 0 Å². The molecule has 3 aromatic rings. The van der Waals surface area contributed by atoms with Crippen LogP contribution in [0.25, 0.3) is 11.3 Å². The van der Waals surface area contributed by atoms with Crippen molar-refractivity contribution < 1.29 is 19.1 Å². The number of carboxylic acid groups (broad SMARTS) is 1. The number of halogens is 1. The van der Waals surface area contributed by atoms with Crippen LogP contribution in [-0.2, 0) is 0 Å². The van der Waals surface area contributed by atoms with Crippen LogP contribution in [-0.4, -0.2) is 23.2 Å². The monoisotopic (exact) mass is 368 g/mol. The van der Waals surface area contributed by atoms with E-state index in [-0.39, 0.29) is 11.5 Å². The summed E-state index contributed by atoms with van der Waals surface area (Å²) in [5.74, 6) is -0.473. The van der Waals surface area contributed by atoms with Crippen LogP contribution >= 0.6 is 11.6 Å². The Labute approximate surface area is 153 Å². The highest BCUT2D eigenvalue weighted by Gasteiger charge is 2.08. The first-order valence-corrected chi connectivity index (χ1v) is 7.93. The maximum absolute atomic E-state index is 11.9. The number of carboxylic acids is 1. The predicted octanol–water partition coefficient (Wildman–Crippen LogP) is 4.06. The molecule has 0 bridgehead atoms. The van der Waals surface area contributed by atoms with Crippen molar-refractivity contribution in [2.24, 2.45) is 5.10 Å².